The van der Waals surface area contributed by atoms with Crippen LogP contribution in [0, 0.1) is 13.8 Å². The molecule has 2 aliphatic rings. The van der Waals surface area contributed by atoms with Gasteiger partial charge in [0.1, 0.15) is 5.65 Å². The van der Waals surface area contributed by atoms with Crippen LogP contribution in [0.15, 0.2) is 42.6 Å². The summed E-state index contributed by atoms with van der Waals surface area (Å²) in [6.45, 7) is 8.75. The molecule has 0 N–H and O–H groups in total. The highest BCUT2D eigenvalue weighted by Gasteiger charge is 2.26. The van der Waals surface area contributed by atoms with Gasteiger partial charge in [-0.2, -0.15) is 0 Å². The number of aromatic nitrogens is 2. The Kier molecular flexibility index (Phi) is 5.43. The van der Waals surface area contributed by atoms with Crippen molar-refractivity contribution in [3.05, 3.63) is 65.1 Å². The molecule has 2 saturated heterocycles. The second-order valence-electron chi connectivity index (χ2n) is 8.84. The van der Waals surface area contributed by atoms with E-state index in [9.17, 15) is 9.59 Å². The van der Waals surface area contributed by atoms with Crippen LogP contribution < -0.4 is 4.90 Å². The van der Waals surface area contributed by atoms with Crippen molar-refractivity contribution in [2.45, 2.75) is 33.2 Å². The summed E-state index contributed by atoms with van der Waals surface area (Å²) >= 11 is 0. The molecular formula is C25H29N5O2. The summed E-state index contributed by atoms with van der Waals surface area (Å²) in [5.74, 6) is 0.181. The zero-order valence-corrected chi connectivity index (χ0v) is 18.8. The fourth-order valence-corrected chi connectivity index (χ4v) is 4.74. The number of hydrogen-bond donors (Lipinski definition) is 0. The van der Waals surface area contributed by atoms with Crippen molar-refractivity contribution in [2.24, 2.45) is 0 Å². The zero-order chi connectivity index (χ0) is 22.2. The van der Waals surface area contributed by atoms with Crippen LogP contribution in [0.5, 0.6) is 0 Å². The Bertz CT molecular complexity index is 1180. The van der Waals surface area contributed by atoms with Gasteiger partial charge in [-0.05, 0) is 56.2 Å². The summed E-state index contributed by atoms with van der Waals surface area (Å²) in [5.41, 5.74) is 5.95. The fourth-order valence-electron chi connectivity index (χ4n) is 4.74. The minimum atomic E-state index is 0.0413. The van der Waals surface area contributed by atoms with Gasteiger partial charge >= 0.3 is 0 Å². The molecule has 2 aliphatic heterocycles. The number of hydrogen-bond acceptors (Lipinski definition) is 4. The largest absolute Gasteiger partial charge is 0.336 e. The molecule has 32 heavy (non-hydrogen) atoms. The Morgan fingerprint density at radius 3 is 2.59 bits per heavy atom. The number of benzene rings is 1. The number of imidazole rings is 1. The Hall–Kier alpha value is -3.19. The van der Waals surface area contributed by atoms with E-state index in [1.54, 1.807) is 4.90 Å². The third-order valence-corrected chi connectivity index (χ3v) is 6.59. The van der Waals surface area contributed by atoms with Gasteiger partial charge in [-0.1, -0.05) is 6.07 Å². The lowest BCUT2D eigenvalue weighted by Crippen LogP contribution is -2.48. The number of amides is 2. The van der Waals surface area contributed by atoms with E-state index >= 15 is 0 Å². The van der Waals surface area contributed by atoms with Crippen LogP contribution in [-0.4, -0.2) is 63.7 Å². The van der Waals surface area contributed by atoms with E-state index in [2.05, 4.69) is 41.5 Å². The summed E-state index contributed by atoms with van der Waals surface area (Å²) < 4.78 is 2.17. The molecule has 2 amide bonds. The maximum Gasteiger partial charge on any atom is 0.254 e. The van der Waals surface area contributed by atoms with E-state index in [1.165, 1.54) is 11.3 Å². The molecular weight excluding hydrogens is 402 g/mol. The van der Waals surface area contributed by atoms with Crippen LogP contribution in [-0.2, 0) is 11.3 Å². The van der Waals surface area contributed by atoms with Crippen LogP contribution in [0.3, 0.4) is 0 Å². The van der Waals surface area contributed by atoms with E-state index in [0.717, 1.165) is 49.6 Å². The number of piperazine rings is 1. The Morgan fingerprint density at radius 1 is 1.03 bits per heavy atom. The van der Waals surface area contributed by atoms with E-state index in [1.807, 2.05) is 29.2 Å². The summed E-state index contributed by atoms with van der Waals surface area (Å²) in [7, 11) is 0. The number of nitrogens with zero attached hydrogens (tertiary/aromatic N) is 5. The Labute approximate surface area is 188 Å². The van der Waals surface area contributed by atoms with Crippen molar-refractivity contribution in [3.63, 3.8) is 0 Å². The van der Waals surface area contributed by atoms with Crippen LogP contribution in [0.4, 0.5) is 5.69 Å². The number of carbonyl (C=O) groups is 2. The monoisotopic (exact) mass is 431 g/mol. The molecule has 166 valence electrons. The molecule has 0 atom stereocenters. The third-order valence-electron chi connectivity index (χ3n) is 6.59. The zero-order valence-electron chi connectivity index (χ0n) is 18.8. The number of anilines is 1. The third kappa shape index (κ3) is 3.88. The van der Waals surface area contributed by atoms with Gasteiger partial charge in [0.05, 0.1) is 11.4 Å². The first-order valence-corrected chi connectivity index (χ1v) is 11.4. The number of carbonyl (C=O) groups excluding carboxylic acids is 2. The predicted octanol–water partition coefficient (Wildman–Crippen LogP) is 3.04. The highest BCUT2D eigenvalue weighted by molar-refractivity contribution is 5.99. The van der Waals surface area contributed by atoms with Crippen molar-refractivity contribution < 1.29 is 9.59 Å². The summed E-state index contributed by atoms with van der Waals surface area (Å²) in [6, 6.07) is 11.7. The molecule has 2 aromatic heterocycles. The van der Waals surface area contributed by atoms with E-state index in [0.29, 0.717) is 25.1 Å². The molecule has 0 aliphatic carbocycles. The van der Waals surface area contributed by atoms with E-state index < -0.39 is 0 Å². The van der Waals surface area contributed by atoms with Gasteiger partial charge in [-0.25, -0.2) is 4.98 Å². The average molecular weight is 432 g/mol. The highest BCUT2D eigenvalue weighted by Crippen LogP contribution is 2.23. The quantitative estimate of drug-likeness (QED) is 0.637. The molecule has 1 aromatic carbocycles. The van der Waals surface area contributed by atoms with E-state index in [-0.39, 0.29) is 11.8 Å². The number of fused-ring (bicyclic) bond motifs is 1. The molecule has 4 heterocycles. The van der Waals surface area contributed by atoms with Crippen LogP contribution in [0.2, 0.25) is 0 Å². The molecule has 0 unspecified atom stereocenters. The first-order chi connectivity index (χ1) is 15.5. The van der Waals surface area contributed by atoms with Crippen molar-refractivity contribution in [2.75, 3.05) is 37.6 Å². The van der Waals surface area contributed by atoms with E-state index in [4.69, 9.17) is 4.98 Å². The van der Waals surface area contributed by atoms with Crippen molar-refractivity contribution in [1.82, 2.24) is 19.2 Å². The van der Waals surface area contributed by atoms with Crippen molar-refractivity contribution in [3.8, 4) is 0 Å². The molecule has 0 radical (unpaired) electrons. The van der Waals surface area contributed by atoms with Gasteiger partial charge in [0.15, 0.2) is 0 Å². The lowest BCUT2D eigenvalue weighted by molar-refractivity contribution is -0.117. The molecule has 0 bridgehead atoms. The predicted molar refractivity (Wildman–Crippen MR) is 124 cm³/mol. The van der Waals surface area contributed by atoms with Gasteiger partial charge in [-0.3, -0.25) is 14.5 Å². The lowest BCUT2D eigenvalue weighted by atomic mass is 10.1. The average Bonchev–Trinajstić information content (AvgIpc) is 3.36. The molecule has 2 fully saturated rings. The molecule has 5 rings (SSSR count). The maximum absolute atomic E-state index is 13.1. The van der Waals surface area contributed by atoms with Crippen LogP contribution >= 0.6 is 0 Å². The first kappa shape index (κ1) is 20.7. The number of rotatable bonds is 4. The molecule has 0 spiro atoms. The topological polar surface area (TPSA) is 61.2 Å². The second-order valence-corrected chi connectivity index (χ2v) is 8.84. The van der Waals surface area contributed by atoms with Crippen LogP contribution in [0.25, 0.3) is 5.65 Å². The molecule has 3 aromatic rings. The summed E-state index contributed by atoms with van der Waals surface area (Å²) in [6.07, 6.45) is 3.56. The fraction of sp³-hybridized carbons (Fsp3) is 0.400. The van der Waals surface area contributed by atoms with Crippen molar-refractivity contribution in [1.29, 1.82) is 0 Å². The van der Waals surface area contributed by atoms with Gasteiger partial charge in [0, 0.05) is 63.1 Å². The van der Waals surface area contributed by atoms with Gasteiger partial charge < -0.3 is 14.2 Å². The van der Waals surface area contributed by atoms with Crippen LogP contribution in [0.1, 0.15) is 40.2 Å². The van der Waals surface area contributed by atoms with Gasteiger partial charge in [0.2, 0.25) is 5.91 Å². The number of aryl methyl sites for hydroxylation is 2. The maximum atomic E-state index is 13.1. The standard InChI is InChI=1S/C25H29N5O2/c1-18-8-10-30-22(19(2)26-23(30)15-18)17-27-11-13-28(14-12-27)25(32)20-5-3-6-21(16-20)29-9-4-7-24(29)31/h3,5-6,8,10,15-16H,4,7,9,11-14,17H2,1-2H3. The summed E-state index contributed by atoms with van der Waals surface area (Å²) in [5, 5.41) is 0. The minimum absolute atomic E-state index is 0.0413. The number of pyridine rings is 1. The Morgan fingerprint density at radius 2 is 1.84 bits per heavy atom. The minimum Gasteiger partial charge on any atom is -0.336 e. The normalized spacial score (nSPS) is 17.5. The second kappa shape index (κ2) is 8.39. The SMILES string of the molecule is Cc1ccn2c(CN3CCN(C(=O)c4cccc(N5CCCC5=O)c4)CC3)c(C)nc2c1. The molecule has 0 saturated carbocycles. The molecule has 7 heteroatoms. The first-order valence-electron chi connectivity index (χ1n) is 11.4. The van der Waals surface area contributed by atoms with Gasteiger partial charge in [0.25, 0.3) is 5.91 Å². The lowest BCUT2D eigenvalue weighted by Gasteiger charge is -2.35. The van der Waals surface area contributed by atoms with Gasteiger partial charge in [-0.15, -0.1) is 0 Å². The molecule has 7 nitrogen and oxygen atoms in total. The highest BCUT2D eigenvalue weighted by atomic mass is 16.2. The Balaban J connectivity index is 1.24. The van der Waals surface area contributed by atoms with Crippen molar-refractivity contribution >= 4 is 23.1 Å². The summed E-state index contributed by atoms with van der Waals surface area (Å²) in [4.78, 5) is 36.0. The smallest absolute Gasteiger partial charge is 0.254 e.